The van der Waals surface area contributed by atoms with Crippen molar-refractivity contribution >= 4 is 15.9 Å². The second-order valence-electron chi connectivity index (χ2n) is 4.22. The van der Waals surface area contributed by atoms with E-state index >= 15 is 0 Å². The summed E-state index contributed by atoms with van der Waals surface area (Å²) in [6.45, 7) is 2.44. The van der Waals surface area contributed by atoms with Crippen LogP contribution in [0.5, 0.6) is 5.75 Å². The zero-order valence-corrected chi connectivity index (χ0v) is 11.6. The lowest BCUT2D eigenvalue weighted by Crippen LogP contribution is -2.31. The molecule has 0 atom stereocenters. The van der Waals surface area contributed by atoms with Gasteiger partial charge in [0.2, 0.25) is 0 Å². The van der Waals surface area contributed by atoms with Gasteiger partial charge in [-0.2, -0.15) is 0 Å². The Hall–Kier alpha value is -0.580. The molecular weight excluding hydrogens is 284 g/mol. The van der Waals surface area contributed by atoms with E-state index in [4.69, 9.17) is 4.74 Å². The fraction of sp³-hybridized carbons (Fsp3) is 0.538. The van der Waals surface area contributed by atoms with Crippen molar-refractivity contribution in [3.63, 3.8) is 0 Å². The van der Waals surface area contributed by atoms with Gasteiger partial charge in [-0.3, -0.25) is 0 Å². The van der Waals surface area contributed by atoms with E-state index in [-0.39, 0.29) is 13.2 Å². The summed E-state index contributed by atoms with van der Waals surface area (Å²) in [4.78, 5) is 0. The molecule has 0 spiro atoms. The van der Waals surface area contributed by atoms with Gasteiger partial charge in [-0.1, -0.05) is 22.9 Å². The number of benzene rings is 1. The molecule has 0 aliphatic rings. The lowest BCUT2D eigenvalue weighted by atomic mass is 9.84. The maximum atomic E-state index is 9.29. The molecule has 0 amide bonds. The van der Waals surface area contributed by atoms with Crippen molar-refractivity contribution in [1.82, 2.24) is 0 Å². The average molecular weight is 303 g/mol. The van der Waals surface area contributed by atoms with Crippen LogP contribution in [0.25, 0.3) is 0 Å². The van der Waals surface area contributed by atoms with Gasteiger partial charge in [-0.15, -0.1) is 0 Å². The first-order valence-corrected chi connectivity index (χ1v) is 6.55. The molecule has 0 bridgehead atoms. The number of aliphatic hydroxyl groups excluding tert-OH is 2. The summed E-state index contributed by atoms with van der Waals surface area (Å²) < 4.78 is 6.59. The Morgan fingerprint density at radius 2 is 1.76 bits per heavy atom. The van der Waals surface area contributed by atoms with Gasteiger partial charge >= 0.3 is 0 Å². The van der Waals surface area contributed by atoms with Crippen molar-refractivity contribution < 1.29 is 14.9 Å². The number of rotatable bonds is 7. The van der Waals surface area contributed by atoms with Crippen LogP contribution in [0.15, 0.2) is 28.7 Å². The van der Waals surface area contributed by atoms with Crippen LogP contribution in [0.3, 0.4) is 0 Å². The topological polar surface area (TPSA) is 49.7 Å². The van der Waals surface area contributed by atoms with Crippen LogP contribution in [0.2, 0.25) is 0 Å². The fourth-order valence-corrected chi connectivity index (χ4v) is 1.79. The molecule has 0 fully saturated rings. The van der Waals surface area contributed by atoms with Crippen LogP contribution in [-0.2, 0) is 0 Å². The number of aliphatic hydroxyl groups is 2. The minimum atomic E-state index is -0.421. The number of ether oxygens (including phenoxy) is 1. The second kappa shape index (κ2) is 6.99. The third-order valence-electron chi connectivity index (χ3n) is 3.14. The van der Waals surface area contributed by atoms with Gasteiger partial charge in [0.25, 0.3) is 0 Å². The molecule has 0 saturated carbocycles. The molecule has 2 N–H and O–H groups in total. The summed E-state index contributed by atoms with van der Waals surface area (Å²) in [5.41, 5.74) is -0.421. The van der Waals surface area contributed by atoms with E-state index in [2.05, 4.69) is 15.9 Å². The molecule has 0 radical (unpaired) electrons. The molecule has 0 aliphatic heterocycles. The average Bonchev–Trinajstić information content (AvgIpc) is 2.38. The van der Waals surface area contributed by atoms with Crippen molar-refractivity contribution in [2.45, 2.75) is 19.8 Å². The molecule has 0 saturated heterocycles. The molecule has 17 heavy (non-hydrogen) atoms. The summed E-state index contributed by atoms with van der Waals surface area (Å²) in [6.07, 6.45) is 1.39. The predicted molar refractivity (Wildman–Crippen MR) is 71.1 cm³/mol. The largest absolute Gasteiger partial charge is 0.494 e. The maximum Gasteiger partial charge on any atom is 0.119 e. The summed E-state index contributed by atoms with van der Waals surface area (Å²) in [5, 5.41) is 18.6. The zero-order chi connectivity index (χ0) is 12.7. The van der Waals surface area contributed by atoms with E-state index in [0.717, 1.165) is 16.6 Å². The summed E-state index contributed by atoms with van der Waals surface area (Å²) in [7, 11) is 0. The van der Waals surface area contributed by atoms with Crippen LogP contribution in [0.1, 0.15) is 19.8 Å². The zero-order valence-electron chi connectivity index (χ0n) is 10.0. The van der Waals surface area contributed by atoms with Crippen molar-refractivity contribution in [1.29, 1.82) is 0 Å². The van der Waals surface area contributed by atoms with Crippen molar-refractivity contribution in [2.75, 3.05) is 19.8 Å². The molecule has 1 rings (SSSR count). The van der Waals surface area contributed by atoms with E-state index in [1.54, 1.807) is 0 Å². The molecular formula is C13H19BrO3. The van der Waals surface area contributed by atoms with Gasteiger partial charge < -0.3 is 14.9 Å². The van der Waals surface area contributed by atoms with E-state index in [1.165, 1.54) is 0 Å². The Bertz CT molecular complexity index is 312. The minimum absolute atomic E-state index is 0.0102. The highest BCUT2D eigenvalue weighted by Gasteiger charge is 2.26. The molecule has 0 aromatic heterocycles. The van der Waals surface area contributed by atoms with Crippen LogP contribution >= 0.6 is 15.9 Å². The first kappa shape index (κ1) is 14.5. The normalized spacial score (nSPS) is 11.5. The number of hydrogen-bond donors (Lipinski definition) is 2. The van der Waals surface area contributed by atoms with E-state index in [9.17, 15) is 10.2 Å². The highest BCUT2D eigenvalue weighted by atomic mass is 79.9. The summed E-state index contributed by atoms with van der Waals surface area (Å²) in [6, 6.07) is 7.60. The molecule has 3 nitrogen and oxygen atoms in total. The molecule has 4 heteroatoms. The molecule has 96 valence electrons. The van der Waals surface area contributed by atoms with Gasteiger partial charge in [0.05, 0.1) is 19.8 Å². The molecule has 0 unspecified atom stereocenters. The van der Waals surface area contributed by atoms with Gasteiger partial charge in [-0.05, 0) is 37.1 Å². The Labute approximate surface area is 111 Å². The highest BCUT2D eigenvalue weighted by molar-refractivity contribution is 9.10. The number of hydrogen-bond acceptors (Lipinski definition) is 3. The van der Waals surface area contributed by atoms with Crippen LogP contribution in [0, 0.1) is 5.41 Å². The first-order chi connectivity index (χ1) is 8.15. The van der Waals surface area contributed by atoms with Gasteiger partial charge in [0.15, 0.2) is 0 Å². The Balaban J connectivity index is 2.43. The van der Waals surface area contributed by atoms with Crippen molar-refractivity contribution in [3.05, 3.63) is 28.7 Å². The smallest absolute Gasteiger partial charge is 0.119 e. The molecule has 0 heterocycles. The van der Waals surface area contributed by atoms with Crippen molar-refractivity contribution in [3.8, 4) is 5.75 Å². The molecule has 1 aromatic rings. The lowest BCUT2D eigenvalue weighted by Gasteiger charge is -2.28. The summed E-state index contributed by atoms with van der Waals surface area (Å²) >= 11 is 3.36. The van der Waals surface area contributed by atoms with E-state index < -0.39 is 5.41 Å². The van der Waals surface area contributed by atoms with Gasteiger partial charge in [0.1, 0.15) is 5.75 Å². The van der Waals surface area contributed by atoms with E-state index in [1.807, 2.05) is 31.2 Å². The molecule has 1 aromatic carbocycles. The minimum Gasteiger partial charge on any atom is -0.494 e. The quantitative estimate of drug-likeness (QED) is 0.814. The number of halogens is 1. The lowest BCUT2D eigenvalue weighted by molar-refractivity contribution is 0.0325. The standard InChI is InChI=1S/C13H19BrO3/c1-2-13(9-15,10-16)7-8-17-12-5-3-11(14)4-6-12/h3-6,15-16H,2,7-10H2,1H3. The van der Waals surface area contributed by atoms with Crippen molar-refractivity contribution in [2.24, 2.45) is 5.41 Å². The Morgan fingerprint density at radius 3 is 2.24 bits per heavy atom. The van der Waals surface area contributed by atoms with Gasteiger partial charge in [-0.25, -0.2) is 0 Å². The first-order valence-electron chi connectivity index (χ1n) is 5.76. The SMILES string of the molecule is CCC(CO)(CO)CCOc1ccc(Br)cc1. The Morgan fingerprint density at radius 1 is 1.18 bits per heavy atom. The third-order valence-corrected chi connectivity index (χ3v) is 3.66. The van der Waals surface area contributed by atoms with Crippen LogP contribution < -0.4 is 4.74 Å². The second-order valence-corrected chi connectivity index (χ2v) is 5.14. The predicted octanol–water partition coefficient (Wildman–Crippen LogP) is 2.60. The van der Waals surface area contributed by atoms with Crippen LogP contribution in [-0.4, -0.2) is 30.0 Å². The Kier molecular flexibility index (Phi) is 5.95. The highest BCUT2D eigenvalue weighted by Crippen LogP contribution is 2.25. The van der Waals surface area contributed by atoms with E-state index in [0.29, 0.717) is 13.0 Å². The molecule has 0 aliphatic carbocycles. The van der Waals surface area contributed by atoms with Gasteiger partial charge in [0, 0.05) is 9.89 Å². The summed E-state index contributed by atoms with van der Waals surface area (Å²) in [5.74, 6) is 0.800. The van der Waals surface area contributed by atoms with Crippen LogP contribution in [0.4, 0.5) is 0 Å². The maximum absolute atomic E-state index is 9.29. The monoisotopic (exact) mass is 302 g/mol. The third kappa shape index (κ3) is 4.30. The fourth-order valence-electron chi connectivity index (χ4n) is 1.52.